The standard InChI is InChI=1S/C26H23F4N5O2S/c1-13(22-33-7-8-36-22)37-20-4-3-14-5-6-32-12-18(14)35(20)15-9-16(21(28)17(27)10-15)25(2)19-11-26(19,23(29)30)38-24(31)34-25/h3-10,12-13,19-20,23H,11H2,1-2H3,(H2,31,34)/t13-,19+,20?,25-,26+/m1/s1. The summed E-state index contributed by atoms with van der Waals surface area (Å²) >= 11 is 0.806. The summed E-state index contributed by atoms with van der Waals surface area (Å²) in [6.45, 7) is 3.28. The number of thioether (sulfide) groups is 1. The molecule has 0 saturated heterocycles. The molecule has 3 aliphatic rings. The van der Waals surface area contributed by atoms with Crippen molar-refractivity contribution in [2.45, 2.75) is 49.3 Å². The van der Waals surface area contributed by atoms with Crippen molar-refractivity contribution < 1.29 is 26.7 Å². The molecule has 1 unspecified atom stereocenters. The van der Waals surface area contributed by atoms with E-state index in [2.05, 4.69) is 15.0 Å². The zero-order valence-corrected chi connectivity index (χ0v) is 21.1. The first-order valence-corrected chi connectivity index (χ1v) is 12.7. The van der Waals surface area contributed by atoms with E-state index in [0.717, 1.165) is 23.4 Å². The molecule has 12 heteroatoms. The van der Waals surface area contributed by atoms with Gasteiger partial charge in [0.25, 0.3) is 6.43 Å². The molecular formula is C26H23F4N5O2S. The molecule has 38 heavy (non-hydrogen) atoms. The van der Waals surface area contributed by atoms with Crippen LogP contribution >= 0.6 is 11.8 Å². The Kier molecular flexibility index (Phi) is 5.80. The summed E-state index contributed by atoms with van der Waals surface area (Å²) in [4.78, 5) is 14.4. The van der Waals surface area contributed by atoms with Gasteiger partial charge in [0.1, 0.15) is 12.4 Å². The Hall–Kier alpha value is -3.38. The number of fused-ring (bicyclic) bond motifs is 2. The number of hydrogen-bond donors (Lipinski definition) is 1. The molecule has 4 heterocycles. The highest BCUT2D eigenvalue weighted by molar-refractivity contribution is 8.15. The van der Waals surface area contributed by atoms with Crippen molar-refractivity contribution in [2.75, 3.05) is 4.90 Å². The molecule has 7 nitrogen and oxygen atoms in total. The van der Waals surface area contributed by atoms with Crippen LogP contribution in [0, 0.1) is 17.6 Å². The second kappa shape index (κ2) is 8.84. The number of nitrogens with two attached hydrogens (primary N) is 1. The summed E-state index contributed by atoms with van der Waals surface area (Å²) in [5.41, 5.74) is 5.90. The third-order valence-electron chi connectivity index (χ3n) is 7.40. The summed E-state index contributed by atoms with van der Waals surface area (Å²) in [6, 6.07) is 4.25. The summed E-state index contributed by atoms with van der Waals surface area (Å²) in [5.74, 6) is -2.67. The SMILES string of the molecule is C[C@@H](OC1C=Cc2ccncc2N1c1cc(F)c(F)c([C@@]2(C)N=C(N)S[C@@]3(C(F)F)C[C@@H]23)c1)c1ncco1. The van der Waals surface area contributed by atoms with E-state index in [0.29, 0.717) is 11.6 Å². The van der Waals surface area contributed by atoms with Gasteiger partial charge in [0.05, 0.1) is 28.4 Å². The molecule has 1 saturated carbocycles. The monoisotopic (exact) mass is 545 g/mol. The van der Waals surface area contributed by atoms with Crippen LogP contribution in [0.25, 0.3) is 6.08 Å². The quantitative estimate of drug-likeness (QED) is 0.385. The van der Waals surface area contributed by atoms with Gasteiger partial charge in [-0.3, -0.25) is 9.98 Å². The first-order valence-electron chi connectivity index (χ1n) is 11.9. The predicted octanol–water partition coefficient (Wildman–Crippen LogP) is 5.92. The number of aromatic nitrogens is 2. The van der Waals surface area contributed by atoms with E-state index in [4.69, 9.17) is 14.9 Å². The van der Waals surface area contributed by atoms with Crippen LogP contribution < -0.4 is 10.6 Å². The highest BCUT2D eigenvalue weighted by atomic mass is 32.2. The Morgan fingerprint density at radius 1 is 1.26 bits per heavy atom. The van der Waals surface area contributed by atoms with Crippen molar-refractivity contribution in [2.24, 2.45) is 16.6 Å². The highest BCUT2D eigenvalue weighted by Crippen LogP contribution is 2.68. The van der Waals surface area contributed by atoms with E-state index < -0.39 is 46.6 Å². The third kappa shape index (κ3) is 3.80. The van der Waals surface area contributed by atoms with Gasteiger partial charge in [-0.2, -0.15) is 0 Å². The Morgan fingerprint density at radius 2 is 2.08 bits per heavy atom. The predicted molar refractivity (Wildman–Crippen MR) is 135 cm³/mol. The van der Waals surface area contributed by atoms with Crippen molar-refractivity contribution in [3.63, 3.8) is 0 Å². The highest BCUT2D eigenvalue weighted by Gasteiger charge is 2.71. The number of pyridine rings is 1. The van der Waals surface area contributed by atoms with Crippen LogP contribution in [0.5, 0.6) is 0 Å². The van der Waals surface area contributed by atoms with Crippen molar-refractivity contribution in [3.05, 3.63) is 77.8 Å². The largest absolute Gasteiger partial charge is 0.446 e. The zero-order valence-electron chi connectivity index (χ0n) is 20.3. The molecule has 5 atom stereocenters. The smallest absolute Gasteiger partial charge is 0.253 e. The number of amidine groups is 1. The van der Waals surface area contributed by atoms with E-state index in [9.17, 15) is 8.78 Å². The van der Waals surface area contributed by atoms with Crippen LogP contribution in [0.15, 0.2) is 58.5 Å². The average molecular weight is 546 g/mol. The van der Waals surface area contributed by atoms with Crippen LogP contribution in [0.3, 0.4) is 0 Å². The number of hydrogen-bond acceptors (Lipinski definition) is 8. The fourth-order valence-corrected chi connectivity index (χ4v) is 6.77. The molecule has 1 fully saturated rings. The maximum absolute atomic E-state index is 15.4. The van der Waals surface area contributed by atoms with E-state index in [1.165, 1.54) is 25.5 Å². The average Bonchev–Trinajstić information content (AvgIpc) is 3.39. The Morgan fingerprint density at radius 3 is 2.82 bits per heavy atom. The fraction of sp³-hybridized carbons (Fsp3) is 0.346. The van der Waals surface area contributed by atoms with Gasteiger partial charge in [-0.25, -0.2) is 22.5 Å². The molecule has 198 valence electrons. The lowest BCUT2D eigenvalue weighted by molar-refractivity contribution is 0.0113. The van der Waals surface area contributed by atoms with Gasteiger partial charge in [0.2, 0.25) is 5.89 Å². The van der Waals surface area contributed by atoms with Crippen LogP contribution in [0.4, 0.5) is 28.9 Å². The molecule has 1 aromatic carbocycles. The lowest BCUT2D eigenvalue weighted by atomic mass is 9.85. The van der Waals surface area contributed by atoms with Gasteiger partial charge in [-0.1, -0.05) is 17.8 Å². The van der Waals surface area contributed by atoms with Gasteiger partial charge in [0.15, 0.2) is 23.0 Å². The molecule has 0 amide bonds. The molecule has 3 aromatic rings. The number of alkyl halides is 2. The van der Waals surface area contributed by atoms with E-state index in [1.54, 1.807) is 36.4 Å². The molecule has 0 radical (unpaired) electrons. The number of nitrogens with zero attached hydrogens (tertiary/aromatic N) is 4. The summed E-state index contributed by atoms with van der Waals surface area (Å²) in [6.07, 6.45) is 5.76. The minimum atomic E-state index is -2.69. The van der Waals surface area contributed by atoms with Crippen molar-refractivity contribution >= 4 is 34.4 Å². The van der Waals surface area contributed by atoms with E-state index in [1.807, 2.05) is 6.08 Å². The zero-order chi connectivity index (χ0) is 26.8. The van der Waals surface area contributed by atoms with Crippen LogP contribution in [0.1, 0.15) is 43.4 Å². The molecule has 6 rings (SSSR count). The van der Waals surface area contributed by atoms with Crippen LogP contribution in [-0.4, -0.2) is 32.5 Å². The van der Waals surface area contributed by atoms with Gasteiger partial charge >= 0.3 is 0 Å². The van der Waals surface area contributed by atoms with E-state index >= 15 is 8.78 Å². The Balaban J connectivity index is 1.46. The maximum Gasteiger partial charge on any atom is 0.253 e. The van der Waals surface area contributed by atoms with Crippen LogP contribution in [-0.2, 0) is 10.3 Å². The molecular weight excluding hydrogens is 522 g/mol. The molecule has 2 aromatic heterocycles. The molecule has 0 spiro atoms. The van der Waals surface area contributed by atoms with Gasteiger partial charge in [-0.15, -0.1) is 0 Å². The number of ether oxygens (including phenoxy) is 1. The summed E-state index contributed by atoms with van der Waals surface area (Å²) in [7, 11) is 0. The summed E-state index contributed by atoms with van der Waals surface area (Å²) < 4.78 is 68.9. The number of rotatable bonds is 6. The van der Waals surface area contributed by atoms with Gasteiger partial charge < -0.3 is 19.8 Å². The number of aliphatic imine (C=N–C) groups is 1. The first-order chi connectivity index (χ1) is 18.1. The van der Waals surface area contributed by atoms with E-state index in [-0.39, 0.29) is 22.8 Å². The lowest BCUT2D eigenvalue weighted by Gasteiger charge is -2.38. The topological polar surface area (TPSA) is 89.8 Å². The van der Waals surface area contributed by atoms with Crippen molar-refractivity contribution in [1.82, 2.24) is 9.97 Å². The lowest BCUT2D eigenvalue weighted by Crippen LogP contribution is -2.39. The molecule has 0 bridgehead atoms. The fourth-order valence-electron chi connectivity index (χ4n) is 5.43. The third-order valence-corrected chi connectivity index (χ3v) is 8.71. The molecule has 2 N–H and O–H groups in total. The van der Waals surface area contributed by atoms with Crippen molar-refractivity contribution in [1.29, 1.82) is 0 Å². The number of anilines is 2. The number of oxazole rings is 1. The Bertz CT molecular complexity index is 1450. The van der Waals surface area contributed by atoms with Crippen LogP contribution in [0.2, 0.25) is 0 Å². The second-order valence-electron chi connectivity index (χ2n) is 9.70. The van der Waals surface area contributed by atoms with Gasteiger partial charge in [0, 0.05) is 35.0 Å². The second-order valence-corrected chi connectivity index (χ2v) is 11.1. The Labute approximate surface area is 219 Å². The first kappa shape index (κ1) is 24.9. The van der Waals surface area contributed by atoms with Crippen molar-refractivity contribution in [3.8, 4) is 0 Å². The van der Waals surface area contributed by atoms with Gasteiger partial charge in [-0.05, 0) is 38.5 Å². The number of halogens is 4. The molecule has 2 aliphatic heterocycles. The summed E-state index contributed by atoms with van der Waals surface area (Å²) in [5, 5.41) is -0.0804. The minimum Gasteiger partial charge on any atom is -0.446 e. The maximum atomic E-state index is 15.4. The normalized spacial score (nSPS) is 28.6. The number of benzene rings is 1. The molecule has 1 aliphatic carbocycles. The minimum absolute atomic E-state index is 0.0804.